The summed E-state index contributed by atoms with van der Waals surface area (Å²) in [5.41, 5.74) is 4.18. The van der Waals surface area contributed by atoms with Crippen LogP contribution in [-0.2, 0) is 6.42 Å². The highest BCUT2D eigenvalue weighted by atomic mass is 16.1. The number of nitrogens with one attached hydrogen (secondary N) is 1. The van der Waals surface area contributed by atoms with Crippen molar-refractivity contribution in [1.29, 1.82) is 0 Å². The number of carbonyl (C=O) groups excluding carboxylic acids is 1. The Morgan fingerprint density at radius 3 is 3.05 bits per heavy atom. The molecule has 1 aromatic carbocycles. The maximum Gasteiger partial charge on any atom is 0.252 e. The minimum Gasteiger partial charge on any atom is -0.352 e. The topological polar surface area (TPSA) is 45.2 Å². The molecule has 0 bridgehead atoms. The summed E-state index contributed by atoms with van der Waals surface area (Å²) < 4.78 is 0. The molecule has 0 radical (unpaired) electrons. The fraction of sp³-hybridized carbons (Fsp3) is 0.333. The molecule has 0 fully saturated rings. The Labute approximate surface area is 131 Å². The zero-order valence-electron chi connectivity index (χ0n) is 12.9. The Bertz CT molecular complexity index is 669. The van der Waals surface area contributed by atoms with Crippen LogP contribution < -0.4 is 10.2 Å². The van der Waals surface area contributed by atoms with Crippen molar-refractivity contribution in [2.45, 2.75) is 26.2 Å². The zero-order chi connectivity index (χ0) is 15.4. The second-order valence-electron chi connectivity index (χ2n) is 5.57. The van der Waals surface area contributed by atoms with Gasteiger partial charge in [0.05, 0.1) is 17.4 Å². The highest BCUT2D eigenvalue weighted by Crippen LogP contribution is 2.33. The third kappa shape index (κ3) is 2.96. The molecule has 1 N–H and O–H groups in total. The summed E-state index contributed by atoms with van der Waals surface area (Å²) in [6.07, 6.45) is 6.61. The van der Waals surface area contributed by atoms with Gasteiger partial charge < -0.3 is 10.2 Å². The van der Waals surface area contributed by atoms with E-state index in [1.807, 2.05) is 19.2 Å². The fourth-order valence-electron chi connectivity index (χ4n) is 2.84. The predicted octanol–water partition coefficient (Wildman–Crippen LogP) is 3.31. The lowest BCUT2D eigenvalue weighted by molar-refractivity contribution is 0.0953. The molecule has 4 nitrogen and oxygen atoms in total. The first-order valence-electron chi connectivity index (χ1n) is 7.88. The number of fused-ring (bicyclic) bond motifs is 1. The van der Waals surface area contributed by atoms with Crippen molar-refractivity contribution in [1.82, 2.24) is 10.3 Å². The Kier molecular flexibility index (Phi) is 4.37. The minimum absolute atomic E-state index is 0.0542. The molecule has 0 aliphatic carbocycles. The van der Waals surface area contributed by atoms with Gasteiger partial charge in [0, 0.05) is 25.0 Å². The molecule has 4 heteroatoms. The van der Waals surface area contributed by atoms with Gasteiger partial charge in [-0.25, -0.2) is 0 Å². The summed E-state index contributed by atoms with van der Waals surface area (Å²) in [4.78, 5) is 18.6. The van der Waals surface area contributed by atoms with E-state index in [2.05, 4.69) is 39.5 Å². The van der Waals surface area contributed by atoms with Gasteiger partial charge >= 0.3 is 0 Å². The van der Waals surface area contributed by atoms with E-state index in [9.17, 15) is 4.79 Å². The molecule has 1 aliphatic rings. The van der Waals surface area contributed by atoms with Gasteiger partial charge in [-0.3, -0.25) is 9.78 Å². The van der Waals surface area contributed by atoms with E-state index in [4.69, 9.17) is 0 Å². The van der Waals surface area contributed by atoms with E-state index in [0.717, 1.165) is 31.5 Å². The van der Waals surface area contributed by atoms with E-state index >= 15 is 0 Å². The Balaban J connectivity index is 1.89. The van der Waals surface area contributed by atoms with Gasteiger partial charge in [-0.05, 0) is 37.0 Å². The number of anilines is 2. The average molecular weight is 295 g/mol. The van der Waals surface area contributed by atoms with Gasteiger partial charge in [-0.15, -0.1) is 0 Å². The van der Waals surface area contributed by atoms with Crippen LogP contribution in [0.5, 0.6) is 0 Å². The van der Waals surface area contributed by atoms with Gasteiger partial charge in [0.1, 0.15) is 0 Å². The first-order valence-corrected chi connectivity index (χ1v) is 7.88. The standard InChI is InChI=1S/C18H21N3O/c1-2-9-20-18(22)15-11-16(13-19-12-15)21-10-5-7-14-6-3-4-8-17(14)21/h3-4,6,8,11-13H,2,5,7,9-10H2,1H3,(H,20,22). The second-order valence-corrected chi connectivity index (χ2v) is 5.57. The molecule has 0 unspecified atom stereocenters. The smallest absolute Gasteiger partial charge is 0.252 e. The Hall–Kier alpha value is -2.36. The average Bonchev–Trinajstić information content (AvgIpc) is 2.59. The molecular formula is C18H21N3O. The molecule has 114 valence electrons. The molecule has 22 heavy (non-hydrogen) atoms. The van der Waals surface area contributed by atoms with Gasteiger partial charge in [-0.1, -0.05) is 25.1 Å². The maximum absolute atomic E-state index is 12.1. The fourth-order valence-corrected chi connectivity index (χ4v) is 2.84. The van der Waals surface area contributed by atoms with Crippen LogP contribution in [-0.4, -0.2) is 24.0 Å². The molecule has 2 aromatic rings. The van der Waals surface area contributed by atoms with Crippen molar-refractivity contribution in [3.63, 3.8) is 0 Å². The molecule has 0 saturated heterocycles. The van der Waals surface area contributed by atoms with Crippen molar-refractivity contribution in [3.8, 4) is 0 Å². The number of rotatable bonds is 4. The number of aryl methyl sites for hydroxylation is 1. The first kappa shape index (κ1) is 14.6. The maximum atomic E-state index is 12.1. The van der Waals surface area contributed by atoms with E-state index in [1.165, 1.54) is 11.3 Å². The molecule has 1 amide bonds. The Morgan fingerprint density at radius 2 is 2.18 bits per heavy atom. The van der Waals surface area contributed by atoms with Gasteiger partial charge in [0.2, 0.25) is 0 Å². The summed E-state index contributed by atoms with van der Waals surface area (Å²) in [5.74, 6) is -0.0542. The largest absolute Gasteiger partial charge is 0.352 e. The first-order chi connectivity index (χ1) is 10.8. The number of carbonyl (C=O) groups is 1. The lowest BCUT2D eigenvalue weighted by Gasteiger charge is -2.31. The molecule has 1 aliphatic heterocycles. The van der Waals surface area contributed by atoms with E-state index in [-0.39, 0.29) is 5.91 Å². The molecule has 0 saturated carbocycles. The van der Waals surface area contributed by atoms with E-state index in [0.29, 0.717) is 12.1 Å². The Morgan fingerprint density at radius 1 is 1.32 bits per heavy atom. The van der Waals surface area contributed by atoms with Crippen LogP contribution in [0.4, 0.5) is 11.4 Å². The van der Waals surface area contributed by atoms with Crippen molar-refractivity contribution >= 4 is 17.3 Å². The summed E-state index contributed by atoms with van der Waals surface area (Å²) in [6.45, 7) is 3.69. The summed E-state index contributed by atoms with van der Waals surface area (Å²) >= 11 is 0. The number of para-hydroxylation sites is 1. The number of amides is 1. The van der Waals surface area contributed by atoms with Crippen LogP contribution in [0.1, 0.15) is 35.7 Å². The lowest BCUT2D eigenvalue weighted by Crippen LogP contribution is -2.26. The molecule has 3 rings (SSSR count). The van der Waals surface area contributed by atoms with E-state index < -0.39 is 0 Å². The van der Waals surface area contributed by atoms with Crippen LogP contribution in [0.25, 0.3) is 0 Å². The highest BCUT2D eigenvalue weighted by Gasteiger charge is 2.18. The normalized spacial score (nSPS) is 13.6. The number of hydrogen-bond donors (Lipinski definition) is 1. The number of hydrogen-bond acceptors (Lipinski definition) is 3. The van der Waals surface area contributed by atoms with Crippen molar-refractivity contribution in [2.75, 3.05) is 18.0 Å². The molecule has 0 atom stereocenters. The third-order valence-electron chi connectivity index (χ3n) is 3.94. The molecule has 0 spiro atoms. The monoisotopic (exact) mass is 295 g/mol. The number of aromatic nitrogens is 1. The van der Waals surface area contributed by atoms with Crippen molar-refractivity contribution < 1.29 is 4.79 Å². The van der Waals surface area contributed by atoms with Crippen molar-refractivity contribution in [2.24, 2.45) is 0 Å². The van der Waals surface area contributed by atoms with Gasteiger partial charge in [-0.2, -0.15) is 0 Å². The number of nitrogens with zero attached hydrogens (tertiary/aromatic N) is 2. The van der Waals surface area contributed by atoms with Crippen LogP contribution in [0, 0.1) is 0 Å². The minimum atomic E-state index is -0.0542. The molecule has 2 heterocycles. The second kappa shape index (κ2) is 6.60. The van der Waals surface area contributed by atoms with Crippen LogP contribution in [0.15, 0.2) is 42.7 Å². The highest BCUT2D eigenvalue weighted by molar-refractivity contribution is 5.95. The third-order valence-corrected chi connectivity index (χ3v) is 3.94. The number of benzene rings is 1. The lowest BCUT2D eigenvalue weighted by atomic mass is 10.0. The van der Waals surface area contributed by atoms with Gasteiger partial charge in [0.15, 0.2) is 0 Å². The summed E-state index contributed by atoms with van der Waals surface area (Å²) in [6, 6.07) is 10.4. The van der Waals surface area contributed by atoms with Crippen LogP contribution in [0.2, 0.25) is 0 Å². The molecular weight excluding hydrogens is 274 g/mol. The quantitative estimate of drug-likeness (QED) is 0.941. The number of pyridine rings is 1. The summed E-state index contributed by atoms with van der Waals surface area (Å²) in [7, 11) is 0. The summed E-state index contributed by atoms with van der Waals surface area (Å²) in [5, 5.41) is 2.90. The van der Waals surface area contributed by atoms with Crippen LogP contribution in [0.3, 0.4) is 0 Å². The van der Waals surface area contributed by atoms with Crippen molar-refractivity contribution in [3.05, 3.63) is 53.9 Å². The van der Waals surface area contributed by atoms with Crippen LogP contribution >= 0.6 is 0 Å². The van der Waals surface area contributed by atoms with Gasteiger partial charge in [0.25, 0.3) is 5.91 Å². The zero-order valence-corrected chi connectivity index (χ0v) is 12.9. The van der Waals surface area contributed by atoms with E-state index in [1.54, 1.807) is 6.20 Å². The SMILES string of the molecule is CCCNC(=O)c1cncc(N2CCCc3ccccc32)c1. The molecule has 1 aromatic heterocycles. The predicted molar refractivity (Wildman–Crippen MR) is 88.6 cm³/mol.